The quantitative estimate of drug-likeness (QED) is 0.848. The van der Waals surface area contributed by atoms with Crippen LogP contribution in [0.4, 0.5) is 5.69 Å². The van der Waals surface area contributed by atoms with Gasteiger partial charge in [-0.05, 0) is 54.7 Å². The summed E-state index contributed by atoms with van der Waals surface area (Å²) < 4.78 is 27.4. The van der Waals surface area contributed by atoms with Crippen LogP contribution in [0.2, 0.25) is 0 Å². The molecule has 2 aromatic carbocycles. The second kappa shape index (κ2) is 8.05. The van der Waals surface area contributed by atoms with Gasteiger partial charge in [-0.2, -0.15) is 4.31 Å². The monoisotopic (exact) mass is 398 g/mol. The van der Waals surface area contributed by atoms with Gasteiger partial charge in [0.15, 0.2) is 0 Å². The van der Waals surface area contributed by atoms with Crippen molar-refractivity contribution < 1.29 is 13.2 Å². The lowest BCUT2D eigenvalue weighted by Crippen LogP contribution is -2.36. The smallest absolute Gasteiger partial charge is 0.243 e. The summed E-state index contributed by atoms with van der Waals surface area (Å²) in [4.78, 5) is 12.8. The number of fused-ring (bicyclic) bond motifs is 1. The van der Waals surface area contributed by atoms with Gasteiger partial charge < -0.3 is 5.32 Å². The molecule has 1 fully saturated rings. The SMILES string of the molecule is O=C(Nc1ccc2c(c1)CN(S(=O)(=O)c1ccccc1)CC2)C1CCCCC1. The zero-order chi connectivity index (χ0) is 19.6. The molecule has 0 aromatic heterocycles. The largest absolute Gasteiger partial charge is 0.326 e. The van der Waals surface area contributed by atoms with Gasteiger partial charge in [-0.25, -0.2) is 8.42 Å². The second-order valence-corrected chi connectivity index (χ2v) is 9.65. The lowest BCUT2D eigenvalue weighted by Gasteiger charge is -2.28. The molecule has 0 spiro atoms. The van der Waals surface area contributed by atoms with E-state index in [2.05, 4.69) is 5.32 Å². The molecule has 1 saturated carbocycles. The van der Waals surface area contributed by atoms with Crippen LogP contribution in [-0.2, 0) is 27.8 Å². The Hall–Kier alpha value is -2.18. The van der Waals surface area contributed by atoms with Gasteiger partial charge in [-0.15, -0.1) is 0 Å². The van der Waals surface area contributed by atoms with Crippen LogP contribution >= 0.6 is 0 Å². The minimum Gasteiger partial charge on any atom is -0.326 e. The van der Waals surface area contributed by atoms with E-state index in [1.807, 2.05) is 24.3 Å². The maximum absolute atomic E-state index is 12.9. The Morgan fingerprint density at radius 3 is 2.46 bits per heavy atom. The third-order valence-corrected chi connectivity index (χ3v) is 7.67. The number of benzene rings is 2. The lowest BCUT2D eigenvalue weighted by atomic mass is 9.88. The van der Waals surface area contributed by atoms with Crippen molar-refractivity contribution in [2.45, 2.75) is 50.0 Å². The number of nitrogens with zero attached hydrogens (tertiary/aromatic N) is 1. The zero-order valence-electron chi connectivity index (χ0n) is 15.9. The first-order valence-electron chi connectivity index (χ1n) is 10.0. The van der Waals surface area contributed by atoms with Gasteiger partial charge in [0.1, 0.15) is 0 Å². The average molecular weight is 399 g/mol. The predicted octanol–water partition coefficient (Wildman–Crippen LogP) is 3.95. The number of nitrogens with one attached hydrogen (secondary N) is 1. The summed E-state index contributed by atoms with van der Waals surface area (Å²) >= 11 is 0. The molecule has 1 aliphatic heterocycles. The molecule has 0 radical (unpaired) electrons. The fourth-order valence-electron chi connectivity index (χ4n) is 4.16. The van der Waals surface area contributed by atoms with E-state index in [9.17, 15) is 13.2 Å². The Bertz CT molecular complexity index is 951. The van der Waals surface area contributed by atoms with Crippen molar-refractivity contribution in [3.05, 3.63) is 59.7 Å². The third-order valence-electron chi connectivity index (χ3n) is 5.81. The van der Waals surface area contributed by atoms with Gasteiger partial charge in [-0.3, -0.25) is 4.79 Å². The van der Waals surface area contributed by atoms with Gasteiger partial charge in [-0.1, -0.05) is 43.5 Å². The van der Waals surface area contributed by atoms with Crippen LogP contribution in [-0.4, -0.2) is 25.2 Å². The van der Waals surface area contributed by atoms with Gasteiger partial charge in [0.2, 0.25) is 15.9 Å². The van der Waals surface area contributed by atoms with E-state index in [-0.39, 0.29) is 11.8 Å². The minimum absolute atomic E-state index is 0.0872. The van der Waals surface area contributed by atoms with Crippen molar-refractivity contribution >= 4 is 21.6 Å². The van der Waals surface area contributed by atoms with E-state index in [0.29, 0.717) is 24.4 Å². The van der Waals surface area contributed by atoms with Crippen molar-refractivity contribution in [1.82, 2.24) is 4.31 Å². The highest BCUT2D eigenvalue weighted by Gasteiger charge is 2.28. The van der Waals surface area contributed by atoms with Crippen LogP contribution in [0.15, 0.2) is 53.4 Å². The molecule has 2 aliphatic rings. The Morgan fingerprint density at radius 2 is 1.71 bits per heavy atom. The van der Waals surface area contributed by atoms with Gasteiger partial charge in [0.05, 0.1) is 4.90 Å². The van der Waals surface area contributed by atoms with Crippen LogP contribution in [0.3, 0.4) is 0 Å². The van der Waals surface area contributed by atoms with E-state index >= 15 is 0 Å². The number of amides is 1. The van der Waals surface area contributed by atoms with Crippen molar-refractivity contribution in [2.75, 3.05) is 11.9 Å². The van der Waals surface area contributed by atoms with Crippen LogP contribution in [0.5, 0.6) is 0 Å². The molecular weight excluding hydrogens is 372 g/mol. The summed E-state index contributed by atoms with van der Waals surface area (Å²) in [7, 11) is -3.51. The van der Waals surface area contributed by atoms with Crippen LogP contribution in [0.25, 0.3) is 0 Å². The number of carbonyl (C=O) groups excluding carboxylic acids is 1. The van der Waals surface area contributed by atoms with E-state index in [1.165, 1.54) is 10.7 Å². The summed E-state index contributed by atoms with van der Waals surface area (Å²) in [6.07, 6.45) is 6.05. The maximum atomic E-state index is 12.9. The van der Waals surface area contributed by atoms with Crippen molar-refractivity contribution in [1.29, 1.82) is 0 Å². The van der Waals surface area contributed by atoms with Gasteiger partial charge in [0, 0.05) is 24.7 Å². The van der Waals surface area contributed by atoms with E-state index < -0.39 is 10.0 Å². The molecule has 148 valence electrons. The first-order chi connectivity index (χ1) is 13.5. The fraction of sp³-hybridized carbons (Fsp3) is 0.409. The summed E-state index contributed by atoms with van der Waals surface area (Å²) in [5, 5.41) is 3.04. The highest BCUT2D eigenvalue weighted by molar-refractivity contribution is 7.89. The predicted molar refractivity (Wildman–Crippen MR) is 109 cm³/mol. The normalized spacial score (nSPS) is 18.4. The van der Waals surface area contributed by atoms with Crippen LogP contribution < -0.4 is 5.32 Å². The molecule has 5 nitrogen and oxygen atoms in total. The summed E-state index contributed by atoms with van der Waals surface area (Å²) in [6.45, 7) is 0.803. The molecule has 0 unspecified atom stereocenters. The third kappa shape index (κ3) is 3.98. The number of sulfonamides is 1. The van der Waals surface area contributed by atoms with E-state index in [0.717, 1.165) is 42.5 Å². The molecule has 6 heteroatoms. The fourth-order valence-corrected chi connectivity index (χ4v) is 5.60. The molecule has 0 bridgehead atoms. The number of hydrogen-bond acceptors (Lipinski definition) is 3. The van der Waals surface area contributed by atoms with Crippen molar-refractivity contribution in [3.63, 3.8) is 0 Å². The summed E-state index contributed by atoms with van der Waals surface area (Å²) in [5.41, 5.74) is 2.87. The number of rotatable bonds is 4. The standard InChI is InChI=1S/C22H26N2O3S/c25-22(18-7-3-1-4-8-18)23-20-12-11-17-13-14-24(16-19(17)15-20)28(26,27)21-9-5-2-6-10-21/h2,5-6,9-12,15,18H,1,3-4,7-8,13-14,16H2,(H,23,25). The molecule has 28 heavy (non-hydrogen) atoms. The maximum Gasteiger partial charge on any atom is 0.243 e. The zero-order valence-corrected chi connectivity index (χ0v) is 16.7. The summed E-state index contributed by atoms with van der Waals surface area (Å²) in [6, 6.07) is 14.4. The van der Waals surface area contributed by atoms with Crippen molar-refractivity contribution in [3.8, 4) is 0 Å². The molecular formula is C22H26N2O3S. The topological polar surface area (TPSA) is 66.5 Å². The highest BCUT2D eigenvalue weighted by atomic mass is 32.2. The molecule has 1 heterocycles. The first kappa shape index (κ1) is 19.2. The first-order valence-corrected chi connectivity index (χ1v) is 11.5. The Labute approximate surface area is 166 Å². The average Bonchev–Trinajstić information content (AvgIpc) is 2.74. The van der Waals surface area contributed by atoms with Crippen LogP contribution in [0.1, 0.15) is 43.2 Å². The molecule has 4 rings (SSSR count). The highest BCUT2D eigenvalue weighted by Crippen LogP contribution is 2.28. The molecule has 1 N–H and O–H groups in total. The van der Waals surface area contributed by atoms with E-state index in [4.69, 9.17) is 0 Å². The van der Waals surface area contributed by atoms with Gasteiger partial charge in [0.25, 0.3) is 0 Å². The summed E-state index contributed by atoms with van der Waals surface area (Å²) in [5.74, 6) is 0.184. The number of carbonyl (C=O) groups is 1. The van der Waals surface area contributed by atoms with Crippen LogP contribution in [0, 0.1) is 5.92 Å². The molecule has 0 atom stereocenters. The molecule has 2 aromatic rings. The minimum atomic E-state index is -3.51. The Balaban J connectivity index is 1.50. The lowest BCUT2D eigenvalue weighted by molar-refractivity contribution is -0.120. The molecule has 1 amide bonds. The second-order valence-electron chi connectivity index (χ2n) is 7.71. The van der Waals surface area contributed by atoms with E-state index in [1.54, 1.807) is 24.3 Å². The number of hydrogen-bond donors (Lipinski definition) is 1. The molecule has 1 aliphatic carbocycles. The Kier molecular flexibility index (Phi) is 5.51. The van der Waals surface area contributed by atoms with Gasteiger partial charge >= 0.3 is 0 Å². The van der Waals surface area contributed by atoms with Crippen molar-refractivity contribution in [2.24, 2.45) is 5.92 Å². The Morgan fingerprint density at radius 1 is 0.964 bits per heavy atom. The molecule has 0 saturated heterocycles. The number of anilines is 1.